The summed E-state index contributed by atoms with van der Waals surface area (Å²) in [6, 6.07) is 0. The van der Waals surface area contributed by atoms with Crippen molar-refractivity contribution in [3.8, 4) is 0 Å². The van der Waals surface area contributed by atoms with Crippen LogP contribution in [0.2, 0.25) is 0 Å². The van der Waals surface area contributed by atoms with Crippen LogP contribution in [0.5, 0.6) is 0 Å². The van der Waals surface area contributed by atoms with Crippen LogP contribution in [0.1, 0.15) is 232 Å². The number of quaternary nitrogens is 1. The third kappa shape index (κ3) is 64.3. The average molecular weight is 1150 g/mol. The molecule has 83 heavy (non-hydrogen) atoms. The second kappa shape index (κ2) is 62.9. The summed E-state index contributed by atoms with van der Waals surface area (Å²) in [5.74, 6) is -2.34. The molecule has 0 aliphatic heterocycles. The largest absolute Gasteiger partial charge is 0.545 e. The van der Waals surface area contributed by atoms with E-state index in [1.807, 2.05) is 21.1 Å². The fourth-order valence-electron chi connectivity index (χ4n) is 8.28. The molecular formula is C74H119NO8. The smallest absolute Gasteiger partial charge is 0.306 e. The van der Waals surface area contributed by atoms with E-state index in [2.05, 4.69) is 172 Å². The number of esters is 2. The summed E-state index contributed by atoms with van der Waals surface area (Å²) in [6.07, 6.45) is 90.1. The lowest BCUT2D eigenvalue weighted by Gasteiger charge is -2.26. The maximum absolute atomic E-state index is 12.9. The van der Waals surface area contributed by atoms with Crippen LogP contribution < -0.4 is 5.11 Å². The van der Waals surface area contributed by atoms with Gasteiger partial charge in [0.25, 0.3) is 0 Å². The number of allylic oxidation sites excluding steroid dienone is 26. The van der Waals surface area contributed by atoms with Crippen LogP contribution in [-0.4, -0.2) is 82.3 Å². The third-order valence-corrected chi connectivity index (χ3v) is 13.3. The lowest BCUT2D eigenvalue weighted by molar-refractivity contribution is -0.870. The standard InChI is InChI=1S/C74H119NO8/c1-6-8-10-12-14-16-18-20-22-24-26-28-30-31-32-33-34-35-36-37-38-39-40-41-43-45-47-49-51-53-55-57-59-61-63-65-72(77)83-70(69-82-74(73(78)79)80-67-66-75(3,4)5)68-81-71(76)64-62-60-58-56-54-52-50-48-46-44-42-29-27-25-23-21-19-17-15-13-11-9-7-2/h8,10,14,16,19-22,25-28,31-32,34-35,37-38,40-42,44-45,47,51,53,70,74H,6-7,9,11-13,15,17-18,23-24,29-30,33,36,39,43,46,48-50,52,54-69H2,1-5H3/b10-8-,16-14-,21-19-,22-20-,27-25-,28-26-,32-31-,35-34-,38-37-,41-40-,44-42-,47-45-,53-51-. The summed E-state index contributed by atoms with van der Waals surface area (Å²) in [5, 5.41) is 11.8. The molecule has 468 valence electrons. The maximum atomic E-state index is 12.9. The minimum absolute atomic E-state index is 0.132. The molecule has 0 radical (unpaired) electrons. The van der Waals surface area contributed by atoms with Crippen molar-refractivity contribution in [3.63, 3.8) is 0 Å². The monoisotopic (exact) mass is 1150 g/mol. The number of carboxylic acid groups (broad SMARTS) is 1. The summed E-state index contributed by atoms with van der Waals surface area (Å²) in [6.45, 7) is 4.56. The molecule has 0 fully saturated rings. The van der Waals surface area contributed by atoms with Gasteiger partial charge in [0.05, 0.1) is 40.3 Å². The molecule has 0 N–H and O–H groups in total. The van der Waals surface area contributed by atoms with Crippen molar-refractivity contribution in [2.45, 2.75) is 245 Å². The fourth-order valence-corrected chi connectivity index (χ4v) is 8.28. The number of ether oxygens (including phenoxy) is 4. The van der Waals surface area contributed by atoms with Crippen LogP contribution in [0.25, 0.3) is 0 Å². The molecule has 0 aromatic rings. The highest BCUT2D eigenvalue weighted by Crippen LogP contribution is 2.14. The van der Waals surface area contributed by atoms with Crippen molar-refractivity contribution in [2.75, 3.05) is 47.5 Å². The van der Waals surface area contributed by atoms with Gasteiger partial charge in [0, 0.05) is 12.8 Å². The van der Waals surface area contributed by atoms with E-state index in [-0.39, 0.29) is 38.6 Å². The minimum Gasteiger partial charge on any atom is -0.545 e. The number of carboxylic acids is 1. The number of rotatable bonds is 58. The molecule has 2 unspecified atom stereocenters. The first-order chi connectivity index (χ1) is 40.6. The molecule has 2 atom stereocenters. The molecule has 0 aliphatic carbocycles. The Bertz CT molecular complexity index is 1920. The number of hydrogen-bond donors (Lipinski definition) is 0. The van der Waals surface area contributed by atoms with E-state index in [0.29, 0.717) is 17.4 Å². The number of likely N-dealkylation sites (N-methyl/N-ethyl adjacent to an activating group) is 1. The molecule has 0 saturated carbocycles. The highest BCUT2D eigenvalue weighted by Gasteiger charge is 2.22. The quantitative estimate of drug-likeness (QED) is 0.0195. The van der Waals surface area contributed by atoms with Crippen LogP contribution >= 0.6 is 0 Å². The molecule has 0 rings (SSSR count). The molecule has 0 spiro atoms. The van der Waals surface area contributed by atoms with Gasteiger partial charge in [0.1, 0.15) is 13.2 Å². The van der Waals surface area contributed by atoms with Gasteiger partial charge in [0.15, 0.2) is 12.4 Å². The molecule has 0 aromatic carbocycles. The number of hydrogen-bond acceptors (Lipinski definition) is 8. The summed E-state index contributed by atoms with van der Waals surface area (Å²) < 4.78 is 22.7. The van der Waals surface area contributed by atoms with Crippen molar-refractivity contribution in [1.29, 1.82) is 0 Å². The highest BCUT2D eigenvalue weighted by molar-refractivity contribution is 5.70. The zero-order chi connectivity index (χ0) is 60.5. The van der Waals surface area contributed by atoms with Crippen LogP contribution in [0, 0.1) is 0 Å². The summed E-state index contributed by atoms with van der Waals surface area (Å²) >= 11 is 0. The van der Waals surface area contributed by atoms with Gasteiger partial charge in [0.2, 0.25) is 0 Å². The Hall–Kier alpha value is -5.09. The van der Waals surface area contributed by atoms with E-state index in [1.165, 1.54) is 64.2 Å². The molecule has 0 heterocycles. The molecule has 0 bridgehead atoms. The van der Waals surface area contributed by atoms with Crippen molar-refractivity contribution >= 4 is 17.9 Å². The molecule has 9 heteroatoms. The molecule has 0 amide bonds. The van der Waals surface area contributed by atoms with Gasteiger partial charge >= 0.3 is 11.9 Å². The Morgan fingerprint density at radius 1 is 0.373 bits per heavy atom. The van der Waals surface area contributed by atoms with Gasteiger partial charge in [-0.3, -0.25) is 9.59 Å². The van der Waals surface area contributed by atoms with Crippen molar-refractivity contribution < 1.29 is 42.9 Å². The first-order valence-corrected chi connectivity index (χ1v) is 32.6. The normalized spacial score (nSPS) is 13.8. The van der Waals surface area contributed by atoms with Gasteiger partial charge in [-0.25, -0.2) is 0 Å². The second-order valence-electron chi connectivity index (χ2n) is 22.3. The van der Waals surface area contributed by atoms with Crippen LogP contribution in [0.15, 0.2) is 158 Å². The number of carbonyl (C=O) groups is 3. The van der Waals surface area contributed by atoms with Crippen LogP contribution in [-0.2, 0) is 33.3 Å². The number of nitrogens with zero attached hydrogens (tertiary/aromatic N) is 1. The molecule has 0 aromatic heterocycles. The van der Waals surface area contributed by atoms with Crippen molar-refractivity contribution in [2.24, 2.45) is 0 Å². The van der Waals surface area contributed by atoms with Gasteiger partial charge < -0.3 is 33.3 Å². The lowest BCUT2D eigenvalue weighted by Crippen LogP contribution is -2.44. The molecule has 0 aliphatic rings. The van der Waals surface area contributed by atoms with Crippen molar-refractivity contribution in [3.05, 3.63) is 158 Å². The van der Waals surface area contributed by atoms with E-state index in [9.17, 15) is 19.5 Å². The van der Waals surface area contributed by atoms with E-state index in [0.717, 1.165) is 135 Å². The number of carbonyl (C=O) groups excluding carboxylic acids is 3. The SMILES string of the molecule is CC/C=C\C/C=C\C/C=C\C/C=C\C/C=C\C/C=C\C/C=C\C/C=C\C/C=C\C/C=C\CCCCCCC(=O)OC(COC(=O)CCCCCCCCCC/C=C\C/C=C\C/C=C\CCCCCCC)COC(OCC[N+](C)(C)C)C(=O)[O-]. The Morgan fingerprint density at radius 2 is 0.687 bits per heavy atom. The van der Waals surface area contributed by atoms with Crippen LogP contribution in [0.3, 0.4) is 0 Å². The average Bonchev–Trinajstić information content (AvgIpc) is 3.46. The van der Waals surface area contributed by atoms with Gasteiger partial charge in [-0.2, -0.15) is 0 Å². The lowest BCUT2D eigenvalue weighted by atomic mass is 10.1. The first-order valence-electron chi connectivity index (χ1n) is 32.6. The zero-order valence-electron chi connectivity index (χ0n) is 53.2. The second-order valence-corrected chi connectivity index (χ2v) is 22.3. The van der Waals surface area contributed by atoms with E-state index >= 15 is 0 Å². The van der Waals surface area contributed by atoms with Crippen LogP contribution in [0.4, 0.5) is 0 Å². The highest BCUT2D eigenvalue weighted by atomic mass is 16.7. The molecular weight excluding hydrogens is 1030 g/mol. The Morgan fingerprint density at radius 3 is 1.02 bits per heavy atom. The van der Waals surface area contributed by atoms with Gasteiger partial charge in [-0.05, 0) is 128 Å². The Balaban J connectivity index is 4.31. The number of aliphatic carboxylic acids is 1. The molecule has 0 saturated heterocycles. The topological polar surface area (TPSA) is 111 Å². The van der Waals surface area contributed by atoms with Crippen molar-refractivity contribution in [1.82, 2.24) is 0 Å². The summed E-state index contributed by atoms with van der Waals surface area (Å²) in [5.41, 5.74) is 0. The first kappa shape index (κ1) is 77.9. The van der Waals surface area contributed by atoms with E-state index < -0.39 is 24.3 Å². The maximum Gasteiger partial charge on any atom is 0.306 e. The Kier molecular flexibility index (Phi) is 59.1. The molecule has 9 nitrogen and oxygen atoms in total. The van der Waals surface area contributed by atoms with Gasteiger partial charge in [-0.1, -0.05) is 249 Å². The predicted octanol–water partition coefficient (Wildman–Crippen LogP) is 18.8. The fraction of sp³-hybridized carbons (Fsp3) is 0.608. The minimum atomic E-state index is -1.64. The zero-order valence-corrected chi connectivity index (χ0v) is 53.2. The third-order valence-electron chi connectivity index (χ3n) is 13.3. The van der Waals surface area contributed by atoms with E-state index in [4.69, 9.17) is 18.9 Å². The summed E-state index contributed by atoms with van der Waals surface area (Å²) in [7, 11) is 5.90. The Labute approximate surface area is 508 Å². The van der Waals surface area contributed by atoms with Gasteiger partial charge in [-0.15, -0.1) is 0 Å². The number of unbranched alkanes of at least 4 members (excludes halogenated alkanes) is 17. The van der Waals surface area contributed by atoms with E-state index in [1.54, 1.807) is 0 Å². The summed E-state index contributed by atoms with van der Waals surface area (Å²) in [4.78, 5) is 37.4. The predicted molar refractivity (Wildman–Crippen MR) is 352 cm³/mol.